The second kappa shape index (κ2) is 32.4. The molecule has 1 aromatic rings. The van der Waals surface area contributed by atoms with E-state index >= 15 is 0 Å². The maximum atomic E-state index is 12.7. The molecule has 0 amide bonds. The fourth-order valence-corrected chi connectivity index (χ4v) is 13.1. The molecule has 0 bridgehead atoms. The summed E-state index contributed by atoms with van der Waals surface area (Å²) in [6.07, 6.45) is 12.0. The summed E-state index contributed by atoms with van der Waals surface area (Å²) in [4.78, 5) is 12.5. The van der Waals surface area contributed by atoms with Crippen molar-refractivity contribution in [1.29, 1.82) is 0 Å². The highest BCUT2D eigenvalue weighted by Crippen LogP contribution is 2.68. The first-order valence-corrected chi connectivity index (χ1v) is 28.4. The Hall–Kier alpha value is -1.85. The van der Waals surface area contributed by atoms with E-state index in [9.17, 15) is 15.0 Å². The minimum absolute atomic E-state index is 0.0197. The third kappa shape index (κ3) is 16.8. The van der Waals surface area contributed by atoms with Crippen molar-refractivity contribution in [2.75, 3.05) is 13.7 Å². The summed E-state index contributed by atoms with van der Waals surface area (Å²) in [6, 6.07) is 7.50. The van der Waals surface area contributed by atoms with Crippen LogP contribution in [0.3, 0.4) is 0 Å². The van der Waals surface area contributed by atoms with Crippen LogP contribution >= 0.6 is 0 Å². The minimum Gasteiger partial charge on any atom is -0.508 e. The number of phenols is 1. The standard InChI is InChI=1S/C33H49NO3.C17H35NO4.5C2H6/c1-20-10-13-31(5)25(16-20)11-14-32(34)29(31)18-22(3)30-26(12-15-33(30,32)37)27(19-23(4)35)21(2)17-24-8-6-7-9-28(24)36;1-10(2)21-15(13(5)14(6)19-7)9-20-16-11(3)8-12(4)22-17(16)18;5*1-2/h6-9,19-22,25-26,29-30,36-37H,10-18,34H2,1-5H3;10-17H,8-9,18H2,1-7H3;5*1-2H3/b27-19+;;;;;;. The zero-order valence-electron chi connectivity index (χ0n) is 48.9. The number of methoxy groups -OCH3 is 1. The molecule has 406 valence electrons. The van der Waals surface area contributed by atoms with Crippen molar-refractivity contribution >= 4 is 5.78 Å². The number of ketones is 1. The summed E-state index contributed by atoms with van der Waals surface area (Å²) in [7, 11) is 1.73. The van der Waals surface area contributed by atoms with Gasteiger partial charge < -0.3 is 40.6 Å². The van der Waals surface area contributed by atoms with E-state index in [2.05, 4.69) is 55.4 Å². The van der Waals surface area contributed by atoms with Crippen molar-refractivity contribution in [1.82, 2.24) is 0 Å². The molecule has 0 spiro atoms. The monoisotopic (exact) mass is 975 g/mol. The summed E-state index contributed by atoms with van der Waals surface area (Å²) in [6.45, 7) is 44.0. The number of nitrogens with two attached hydrogens (primary N) is 2. The van der Waals surface area contributed by atoms with E-state index in [1.165, 1.54) is 19.3 Å². The summed E-state index contributed by atoms with van der Waals surface area (Å²) < 4.78 is 23.3. The Morgan fingerprint density at radius 1 is 0.855 bits per heavy atom. The third-order valence-corrected chi connectivity index (χ3v) is 16.4. The van der Waals surface area contributed by atoms with Crippen LogP contribution in [-0.2, 0) is 30.2 Å². The van der Waals surface area contributed by atoms with Crippen molar-refractivity contribution in [3.63, 3.8) is 0 Å². The molecule has 69 heavy (non-hydrogen) atoms. The van der Waals surface area contributed by atoms with Crippen LogP contribution in [0.1, 0.15) is 209 Å². The lowest BCUT2D eigenvalue weighted by Gasteiger charge is -2.67. The van der Waals surface area contributed by atoms with Gasteiger partial charge in [0.15, 0.2) is 5.78 Å². The number of ether oxygens (including phenoxy) is 4. The topological polar surface area (TPSA) is 146 Å². The maximum Gasteiger partial charge on any atom is 0.152 e. The predicted molar refractivity (Wildman–Crippen MR) is 293 cm³/mol. The fourth-order valence-electron chi connectivity index (χ4n) is 13.1. The highest BCUT2D eigenvalue weighted by atomic mass is 16.6. The number of para-hydroxylation sites is 1. The number of allylic oxidation sites excluding steroid dienone is 2. The lowest BCUT2D eigenvalue weighted by molar-refractivity contribution is -0.203. The molecule has 6 N–H and O–H groups in total. The zero-order chi connectivity index (χ0) is 53.6. The second-order valence-electron chi connectivity index (χ2n) is 21.0. The van der Waals surface area contributed by atoms with Crippen LogP contribution in [0, 0.1) is 58.7 Å². The average molecular weight is 976 g/mol. The number of fused-ring (bicyclic) bond motifs is 5. The van der Waals surface area contributed by atoms with Gasteiger partial charge in [-0.05, 0) is 163 Å². The average Bonchev–Trinajstić information content (AvgIpc) is 3.71. The number of aromatic hydroxyl groups is 1. The number of benzene rings is 1. The summed E-state index contributed by atoms with van der Waals surface area (Å²) in [5.74, 6) is 3.49. The number of rotatable bonds is 13. The molecule has 9 heteroatoms. The SMILES string of the molecule is CC.CC.CC.CC.CC.CC(=O)/C=C(\C(C)Cc1ccccc1O)C1CCC2(O)C1C(C)CC1C3(C)CCC(C)CC3CCC12N.COC(C)C(C)C(COC1C(C)CC(C)OC1N)OC(C)C. The Balaban J connectivity index is 0.00000124. The Labute approximate surface area is 426 Å². The van der Waals surface area contributed by atoms with E-state index in [0.29, 0.717) is 42.4 Å². The van der Waals surface area contributed by atoms with Gasteiger partial charge in [-0.3, -0.25) is 4.79 Å². The van der Waals surface area contributed by atoms with Gasteiger partial charge in [0, 0.05) is 18.6 Å². The van der Waals surface area contributed by atoms with Gasteiger partial charge in [0.05, 0.1) is 42.7 Å². The molecule has 5 aliphatic rings. The van der Waals surface area contributed by atoms with Crippen molar-refractivity contribution in [2.24, 2.45) is 70.1 Å². The van der Waals surface area contributed by atoms with Gasteiger partial charge in [0.25, 0.3) is 0 Å². The van der Waals surface area contributed by atoms with Gasteiger partial charge in [-0.1, -0.05) is 141 Å². The van der Waals surface area contributed by atoms with Crippen molar-refractivity contribution < 1.29 is 34.0 Å². The lowest BCUT2D eigenvalue weighted by Crippen LogP contribution is -2.75. The molecule has 1 saturated heterocycles. The molecule has 1 heterocycles. The van der Waals surface area contributed by atoms with E-state index in [1.54, 1.807) is 20.1 Å². The minimum atomic E-state index is -0.901. The maximum absolute atomic E-state index is 12.7. The van der Waals surface area contributed by atoms with Crippen molar-refractivity contribution in [2.45, 2.75) is 257 Å². The van der Waals surface area contributed by atoms with Gasteiger partial charge >= 0.3 is 0 Å². The third-order valence-electron chi connectivity index (χ3n) is 16.4. The van der Waals surface area contributed by atoms with E-state index in [0.717, 1.165) is 55.6 Å². The van der Waals surface area contributed by atoms with Gasteiger partial charge in [-0.25, -0.2) is 0 Å². The molecule has 1 aliphatic heterocycles. The quantitative estimate of drug-likeness (QED) is 0.142. The molecular formula is C60H114N2O7. The Morgan fingerprint density at radius 3 is 1.99 bits per heavy atom. The van der Waals surface area contributed by atoms with Crippen molar-refractivity contribution in [3.05, 3.63) is 41.5 Å². The van der Waals surface area contributed by atoms with E-state index < -0.39 is 11.1 Å². The summed E-state index contributed by atoms with van der Waals surface area (Å²) in [5.41, 5.74) is 14.4. The number of hydrogen-bond donors (Lipinski definition) is 4. The molecule has 5 fully saturated rings. The molecule has 17 unspecified atom stereocenters. The molecule has 4 saturated carbocycles. The normalized spacial score (nSPS) is 35.0. The van der Waals surface area contributed by atoms with Crippen LogP contribution in [0.5, 0.6) is 5.75 Å². The highest BCUT2D eigenvalue weighted by Gasteiger charge is 2.70. The molecule has 1 aromatic carbocycles. The van der Waals surface area contributed by atoms with Crippen LogP contribution in [-0.4, -0.2) is 77.6 Å². The van der Waals surface area contributed by atoms with Crippen LogP contribution < -0.4 is 11.5 Å². The summed E-state index contributed by atoms with van der Waals surface area (Å²) in [5, 5.41) is 23.1. The fraction of sp³-hybridized carbons (Fsp3) is 0.850. The molecule has 17 atom stereocenters. The molecule has 4 aliphatic carbocycles. The molecule has 0 aromatic heterocycles. The largest absolute Gasteiger partial charge is 0.508 e. The lowest BCUT2D eigenvalue weighted by atomic mass is 9.41. The van der Waals surface area contributed by atoms with E-state index in [1.807, 2.05) is 107 Å². The first kappa shape index (κ1) is 67.1. The summed E-state index contributed by atoms with van der Waals surface area (Å²) >= 11 is 0. The Morgan fingerprint density at radius 2 is 1.45 bits per heavy atom. The number of carbonyl (C=O) groups excluding carboxylic acids is 1. The number of hydrogen-bond acceptors (Lipinski definition) is 9. The smallest absolute Gasteiger partial charge is 0.152 e. The van der Waals surface area contributed by atoms with Gasteiger partial charge in [0.1, 0.15) is 12.0 Å². The van der Waals surface area contributed by atoms with Crippen LogP contribution in [0.2, 0.25) is 0 Å². The molecule has 9 nitrogen and oxygen atoms in total. The van der Waals surface area contributed by atoms with Crippen molar-refractivity contribution in [3.8, 4) is 5.75 Å². The molecular weight excluding hydrogens is 861 g/mol. The first-order chi connectivity index (χ1) is 32.7. The van der Waals surface area contributed by atoms with E-state index in [4.69, 9.17) is 30.4 Å². The second-order valence-corrected chi connectivity index (χ2v) is 21.0. The predicted octanol–water partition coefficient (Wildman–Crippen LogP) is 14.1. The highest BCUT2D eigenvalue weighted by molar-refractivity contribution is 5.88. The number of phenolic OH excluding ortho intramolecular Hbond substituents is 1. The number of carbonyl (C=O) groups is 1. The van der Waals surface area contributed by atoms with Gasteiger partial charge in [0.2, 0.25) is 0 Å². The zero-order valence-corrected chi connectivity index (χ0v) is 48.9. The first-order valence-electron chi connectivity index (χ1n) is 28.4. The van der Waals surface area contributed by atoms with Crippen LogP contribution in [0.15, 0.2) is 35.9 Å². The molecule has 6 rings (SSSR count). The number of aliphatic hydroxyl groups is 1. The molecule has 0 radical (unpaired) electrons. The van der Waals surface area contributed by atoms with E-state index in [-0.39, 0.29) is 71.6 Å². The van der Waals surface area contributed by atoms with Gasteiger partial charge in [-0.2, -0.15) is 0 Å². The Bertz CT molecular complexity index is 1560. The van der Waals surface area contributed by atoms with Crippen LogP contribution in [0.25, 0.3) is 0 Å². The van der Waals surface area contributed by atoms with Crippen LogP contribution in [0.4, 0.5) is 0 Å². The van der Waals surface area contributed by atoms with Gasteiger partial charge in [-0.15, -0.1) is 0 Å². The Kier molecular flexibility index (Phi) is 31.5.